The Labute approximate surface area is 140 Å². The minimum absolute atomic E-state index is 0.0628. The predicted octanol–water partition coefficient (Wildman–Crippen LogP) is 2.59. The average molecular weight is 332 g/mol. The zero-order valence-corrected chi connectivity index (χ0v) is 13.7. The molecule has 6 nitrogen and oxygen atoms in total. The molecule has 1 aliphatic heterocycles. The van der Waals surface area contributed by atoms with Crippen LogP contribution >= 0.6 is 11.6 Å². The first-order valence-corrected chi connectivity index (χ1v) is 7.98. The third-order valence-corrected chi connectivity index (χ3v) is 4.40. The van der Waals surface area contributed by atoms with Crippen molar-refractivity contribution < 1.29 is 4.52 Å². The molecule has 0 spiro atoms. The van der Waals surface area contributed by atoms with Crippen molar-refractivity contribution in [3.8, 4) is 17.5 Å². The number of piperazine rings is 1. The van der Waals surface area contributed by atoms with E-state index in [1.165, 1.54) is 0 Å². The summed E-state index contributed by atoms with van der Waals surface area (Å²) in [5.74, 6) is 1.19. The van der Waals surface area contributed by atoms with Gasteiger partial charge in [0.05, 0.1) is 18.7 Å². The molecule has 2 aromatic rings. The van der Waals surface area contributed by atoms with Crippen molar-refractivity contribution in [3.05, 3.63) is 35.2 Å². The van der Waals surface area contributed by atoms with E-state index in [0.717, 1.165) is 31.7 Å². The summed E-state index contributed by atoms with van der Waals surface area (Å²) in [4.78, 5) is 8.96. The fraction of sp³-hybridized carbons (Fsp3) is 0.438. The molecule has 2 heterocycles. The average Bonchev–Trinajstić information content (AvgIpc) is 3.06. The number of rotatable bonds is 4. The Kier molecular flexibility index (Phi) is 4.91. The van der Waals surface area contributed by atoms with Gasteiger partial charge in [-0.3, -0.25) is 9.80 Å². The normalized spacial score (nSPS) is 17.8. The molecule has 0 N–H and O–H groups in total. The zero-order valence-electron chi connectivity index (χ0n) is 12.9. The Morgan fingerprint density at radius 1 is 1.26 bits per heavy atom. The van der Waals surface area contributed by atoms with Crippen LogP contribution in [0.4, 0.5) is 0 Å². The summed E-state index contributed by atoms with van der Waals surface area (Å²) in [6, 6.07) is 9.63. The third kappa shape index (κ3) is 3.70. The number of hydrogen-bond donors (Lipinski definition) is 0. The first-order chi connectivity index (χ1) is 11.2. The predicted molar refractivity (Wildman–Crippen MR) is 86.8 cm³/mol. The van der Waals surface area contributed by atoms with Crippen LogP contribution in [-0.2, 0) is 0 Å². The van der Waals surface area contributed by atoms with E-state index in [4.69, 9.17) is 21.4 Å². The van der Waals surface area contributed by atoms with E-state index in [2.05, 4.69) is 32.9 Å². The summed E-state index contributed by atoms with van der Waals surface area (Å²) in [6.45, 7) is 6.11. The van der Waals surface area contributed by atoms with Crippen LogP contribution in [0.3, 0.4) is 0 Å². The number of nitriles is 1. The molecule has 0 unspecified atom stereocenters. The molecule has 120 valence electrons. The van der Waals surface area contributed by atoms with Gasteiger partial charge in [0.25, 0.3) is 0 Å². The third-order valence-electron chi connectivity index (χ3n) is 4.15. The molecule has 1 atom stereocenters. The van der Waals surface area contributed by atoms with E-state index >= 15 is 0 Å². The van der Waals surface area contributed by atoms with Gasteiger partial charge in [-0.2, -0.15) is 10.2 Å². The van der Waals surface area contributed by atoms with Gasteiger partial charge in [0, 0.05) is 36.8 Å². The summed E-state index contributed by atoms with van der Waals surface area (Å²) in [7, 11) is 0. The maximum Gasteiger partial charge on any atom is 0.244 e. The minimum Gasteiger partial charge on any atom is -0.337 e. The number of aromatic nitrogens is 2. The Morgan fingerprint density at radius 3 is 2.61 bits per heavy atom. The highest BCUT2D eigenvalue weighted by molar-refractivity contribution is 6.30. The van der Waals surface area contributed by atoms with Crippen LogP contribution in [0.15, 0.2) is 28.8 Å². The Hall–Kier alpha value is -1.94. The van der Waals surface area contributed by atoms with Crippen molar-refractivity contribution in [1.82, 2.24) is 19.9 Å². The fourth-order valence-corrected chi connectivity index (χ4v) is 2.81. The maximum atomic E-state index is 8.75. The Balaban J connectivity index is 1.66. The SMILES string of the molecule is C[C@H](c1nc(-c2ccc(Cl)cc2)no1)N1CCN(CC#N)CC1. The van der Waals surface area contributed by atoms with Gasteiger partial charge in [0.1, 0.15) is 0 Å². The summed E-state index contributed by atoms with van der Waals surface area (Å²) in [6.07, 6.45) is 0. The first kappa shape index (κ1) is 15.9. The van der Waals surface area contributed by atoms with Gasteiger partial charge in [-0.05, 0) is 31.2 Å². The lowest BCUT2D eigenvalue weighted by molar-refractivity contribution is 0.0955. The van der Waals surface area contributed by atoms with Crippen molar-refractivity contribution in [2.75, 3.05) is 32.7 Å². The highest BCUT2D eigenvalue weighted by Gasteiger charge is 2.25. The van der Waals surface area contributed by atoms with Crippen LogP contribution in [-0.4, -0.2) is 52.7 Å². The molecule has 1 aromatic heterocycles. The van der Waals surface area contributed by atoms with Gasteiger partial charge >= 0.3 is 0 Å². The summed E-state index contributed by atoms with van der Waals surface area (Å²) < 4.78 is 5.44. The monoisotopic (exact) mass is 331 g/mol. The molecule has 0 radical (unpaired) electrons. The molecular weight excluding hydrogens is 314 g/mol. The number of halogens is 1. The van der Waals surface area contributed by atoms with Gasteiger partial charge in [-0.1, -0.05) is 16.8 Å². The largest absolute Gasteiger partial charge is 0.337 e. The molecule has 0 amide bonds. The number of benzene rings is 1. The van der Waals surface area contributed by atoms with Crippen molar-refractivity contribution in [3.63, 3.8) is 0 Å². The molecule has 0 bridgehead atoms. The minimum atomic E-state index is 0.0628. The highest BCUT2D eigenvalue weighted by atomic mass is 35.5. The fourth-order valence-electron chi connectivity index (χ4n) is 2.69. The standard InChI is InChI=1S/C16H18ClN5O/c1-12(22-10-8-21(7-6-18)9-11-22)16-19-15(20-23-16)13-2-4-14(17)5-3-13/h2-5,12H,7-11H2,1H3/t12-/m1/s1. The summed E-state index contributed by atoms with van der Waals surface area (Å²) in [5, 5.41) is 13.5. The van der Waals surface area contributed by atoms with Gasteiger partial charge in [0.2, 0.25) is 11.7 Å². The molecule has 7 heteroatoms. The first-order valence-electron chi connectivity index (χ1n) is 7.60. The van der Waals surface area contributed by atoms with Crippen LogP contribution in [0.25, 0.3) is 11.4 Å². The quantitative estimate of drug-likeness (QED) is 0.802. The lowest BCUT2D eigenvalue weighted by Gasteiger charge is -2.35. The van der Waals surface area contributed by atoms with E-state index in [-0.39, 0.29) is 6.04 Å². The highest BCUT2D eigenvalue weighted by Crippen LogP contribution is 2.24. The van der Waals surface area contributed by atoms with Gasteiger partial charge in [-0.25, -0.2) is 0 Å². The molecule has 1 aromatic carbocycles. The van der Waals surface area contributed by atoms with Crippen LogP contribution in [0, 0.1) is 11.3 Å². The van der Waals surface area contributed by atoms with Crippen LogP contribution < -0.4 is 0 Å². The second-order valence-electron chi connectivity index (χ2n) is 5.61. The van der Waals surface area contributed by atoms with Gasteiger partial charge in [0.15, 0.2) is 0 Å². The summed E-state index contributed by atoms with van der Waals surface area (Å²) >= 11 is 5.90. The molecular formula is C16H18ClN5O. The van der Waals surface area contributed by atoms with Crippen molar-refractivity contribution in [1.29, 1.82) is 5.26 Å². The molecule has 1 aliphatic rings. The molecule has 23 heavy (non-hydrogen) atoms. The summed E-state index contributed by atoms with van der Waals surface area (Å²) in [5.41, 5.74) is 0.885. The van der Waals surface area contributed by atoms with Crippen LogP contribution in [0.1, 0.15) is 18.9 Å². The van der Waals surface area contributed by atoms with Gasteiger partial charge < -0.3 is 4.52 Å². The van der Waals surface area contributed by atoms with Crippen molar-refractivity contribution in [2.45, 2.75) is 13.0 Å². The Bertz CT molecular complexity index is 685. The Morgan fingerprint density at radius 2 is 1.96 bits per heavy atom. The van der Waals surface area contributed by atoms with Crippen molar-refractivity contribution in [2.24, 2.45) is 0 Å². The molecule has 1 fully saturated rings. The number of nitrogens with zero attached hydrogens (tertiary/aromatic N) is 5. The topological polar surface area (TPSA) is 69.2 Å². The lowest BCUT2D eigenvalue weighted by atomic mass is 10.2. The molecule has 0 aliphatic carbocycles. The van der Waals surface area contributed by atoms with E-state index in [1.807, 2.05) is 24.3 Å². The van der Waals surface area contributed by atoms with E-state index in [0.29, 0.717) is 23.3 Å². The molecule has 1 saturated heterocycles. The smallest absolute Gasteiger partial charge is 0.244 e. The molecule has 0 saturated carbocycles. The van der Waals surface area contributed by atoms with Gasteiger partial charge in [-0.15, -0.1) is 0 Å². The lowest BCUT2D eigenvalue weighted by Crippen LogP contribution is -2.47. The van der Waals surface area contributed by atoms with E-state index in [1.54, 1.807) is 0 Å². The van der Waals surface area contributed by atoms with E-state index < -0.39 is 0 Å². The second kappa shape index (κ2) is 7.09. The second-order valence-corrected chi connectivity index (χ2v) is 6.05. The van der Waals surface area contributed by atoms with Crippen LogP contribution in [0.2, 0.25) is 5.02 Å². The maximum absolute atomic E-state index is 8.75. The number of hydrogen-bond acceptors (Lipinski definition) is 6. The molecule has 3 rings (SSSR count). The zero-order chi connectivity index (χ0) is 16.2. The van der Waals surface area contributed by atoms with Crippen LogP contribution in [0.5, 0.6) is 0 Å². The van der Waals surface area contributed by atoms with E-state index in [9.17, 15) is 0 Å². The van der Waals surface area contributed by atoms with Crippen molar-refractivity contribution >= 4 is 11.6 Å².